The van der Waals surface area contributed by atoms with Crippen LogP contribution in [0.2, 0.25) is 0 Å². The molecule has 0 radical (unpaired) electrons. The Hall–Kier alpha value is -2.23. The van der Waals surface area contributed by atoms with Gasteiger partial charge in [0.25, 0.3) is 5.91 Å². The van der Waals surface area contributed by atoms with E-state index in [0.717, 1.165) is 5.56 Å². The van der Waals surface area contributed by atoms with Crippen molar-refractivity contribution >= 4 is 5.91 Å². The number of rotatable bonds is 3. The van der Waals surface area contributed by atoms with Crippen LogP contribution in [0.4, 0.5) is 8.78 Å². The lowest BCUT2D eigenvalue weighted by Gasteiger charge is -2.25. The van der Waals surface area contributed by atoms with Crippen molar-refractivity contribution in [3.63, 3.8) is 0 Å². The van der Waals surface area contributed by atoms with Gasteiger partial charge in [-0.3, -0.25) is 4.79 Å². The molecule has 2 aromatic rings. The minimum Gasteiger partial charge on any atom is -0.335 e. The molecule has 21 heavy (non-hydrogen) atoms. The normalized spacial score (nSPS) is 12.0. The fourth-order valence-electron chi connectivity index (χ4n) is 2.14. The zero-order valence-corrected chi connectivity index (χ0v) is 12.2. The lowest BCUT2D eigenvalue weighted by Crippen LogP contribution is -2.30. The summed E-state index contributed by atoms with van der Waals surface area (Å²) >= 11 is 0. The summed E-state index contributed by atoms with van der Waals surface area (Å²) in [5.74, 6) is -1.22. The number of carbonyl (C=O) groups excluding carboxylic acids is 1. The summed E-state index contributed by atoms with van der Waals surface area (Å²) in [5.41, 5.74) is 1.27. The van der Waals surface area contributed by atoms with Crippen LogP contribution in [-0.4, -0.2) is 17.9 Å². The van der Waals surface area contributed by atoms with Gasteiger partial charge >= 0.3 is 0 Å². The Bertz CT molecular complexity index is 652. The van der Waals surface area contributed by atoms with Crippen LogP contribution < -0.4 is 0 Å². The molecular formula is C17H17F2NO. The SMILES string of the molecule is Cc1cccc(C(=O)N(C)C(C)c2ccc(F)cc2)c1F. The maximum absolute atomic E-state index is 14.0. The van der Waals surface area contributed by atoms with Crippen LogP contribution >= 0.6 is 0 Å². The minimum atomic E-state index is -0.499. The Kier molecular flexibility index (Phi) is 4.36. The highest BCUT2D eigenvalue weighted by atomic mass is 19.1. The number of hydrogen-bond donors (Lipinski definition) is 0. The quantitative estimate of drug-likeness (QED) is 0.833. The van der Waals surface area contributed by atoms with Crippen molar-refractivity contribution in [2.45, 2.75) is 19.9 Å². The van der Waals surface area contributed by atoms with Gasteiger partial charge in [0, 0.05) is 7.05 Å². The monoisotopic (exact) mass is 289 g/mol. The third-order valence-corrected chi connectivity index (χ3v) is 3.68. The molecule has 0 aliphatic rings. The number of halogens is 2. The maximum Gasteiger partial charge on any atom is 0.257 e. The second-order valence-corrected chi connectivity index (χ2v) is 5.08. The summed E-state index contributed by atoms with van der Waals surface area (Å²) in [6.45, 7) is 3.44. The number of amides is 1. The van der Waals surface area contributed by atoms with Crippen molar-refractivity contribution in [2.24, 2.45) is 0 Å². The molecule has 0 aromatic heterocycles. The Labute approximate surface area is 123 Å². The van der Waals surface area contributed by atoms with Gasteiger partial charge in [0.05, 0.1) is 11.6 Å². The maximum atomic E-state index is 14.0. The van der Waals surface area contributed by atoms with Crippen LogP contribution in [-0.2, 0) is 0 Å². The summed E-state index contributed by atoms with van der Waals surface area (Å²) < 4.78 is 27.0. The van der Waals surface area contributed by atoms with E-state index < -0.39 is 11.7 Å². The van der Waals surface area contributed by atoms with Crippen LogP contribution in [0.5, 0.6) is 0 Å². The summed E-state index contributed by atoms with van der Waals surface area (Å²) in [4.78, 5) is 13.9. The Morgan fingerprint density at radius 3 is 2.33 bits per heavy atom. The first-order chi connectivity index (χ1) is 9.91. The van der Waals surface area contributed by atoms with E-state index in [1.807, 2.05) is 6.92 Å². The Balaban J connectivity index is 2.26. The van der Waals surface area contributed by atoms with E-state index in [-0.39, 0.29) is 17.4 Å². The first-order valence-corrected chi connectivity index (χ1v) is 6.69. The number of benzene rings is 2. The van der Waals surface area contributed by atoms with Crippen LogP contribution in [0.1, 0.15) is 34.5 Å². The summed E-state index contributed by atoms with van der Waals surface area (Å²) in [5, 5.41) is 0. The van der Waals surface area contributed by atoms with Gasteiger partial charge in [0.15, 0.2) is 0 Å². The van der Waals surface area contributed by atoms with E-state index in [9.17, 15) is 13.6 Å². The first-order valence-electron chi connectivity index (χ1n) is 6.69. The van der Waals surface area contributed by atoms with Gasteiger partial charge in [-0.05, 0) is 43.2 Å². The van der Waals surface area contributed by atoms with Gasteiger partial charge in [-0.1, -0.05) is 24.3 Å². The lowest BCUT2D eigenvalue weighted by molar-refractivity contribution is 0.0737. The number of hydrogen-bond acceptors (Lipinski definition) is 1. The molecular weight excluding hydrogens is 272 g/mol. The van der Waals surface area contributed by atoms with E-state index >= 15 is 0 Å². The van der Waals surface area contributed by atoms with E-state index in [1.165, 1.54) is 23.1 Å². The predicted molar refractivity (Wildman–Crippen MR) is 78.0 cm³/mol. The topological polar surface area (TPSA) is 20.3 Å². The molecule has 2 aromatic carbocycles. The van der Waals surface area contributed by atoms with E-state index in [4.69, 9.17) is 0 Å². The molecule has 0 bridgehead atoms. The molecule has 1 unspecified atom stereocenters. The largest absolute Gasteiger partial charge is 0.335 e. The molecule has 4 heteroatoms. The highest BCUT2D eigenvalue weighted by Gasteiger charge is 2.22. The van der Waals surface area contributed by atoms with Gasteiger partial charge in [-0.15, -0.1) is 0 Å². The van der Waals surface area contributed by atoms with Gasteiger partial charge in [0.1, 0.15) is 11.6 Å². The molecule has 2 nitrogen and oxygen atoms in total. The second-order valence-electron chi connectivity index (χ2n) is 5.08. The molecule has 0 saturated carbocycles. The van der Waals surface area contributed by atoms with Crippen LogP contribution in [0.15, 0.2) is 42.5 Å². The molecule has 1 atom stereocenters. The van der Waals surface area contributed by atoms with E-state index in [2.05, 4.69) is 0 Å². The van der Waals surface area contributed by atoms with Gasteiger partial charge in [0.2, 0.25) is 0 Å². The van der Waals surface area contributed by atoms with Crippen molar-refractivity contribution in [3.8, 4) is 0 Å². The number of nitrogens with zero attached hydrogens (tertiary/aromatic N) is 1. The molecule has 0 fully saturated rings. The van der Waals surface area contributed by atoms with Crippen LogP contribution in [0.25, 0.3) is 0 Å². The standard InChI is InChI=1S/C17H17F2NO/c1-11-5-4-6-15(16(11)19)17(21)20(3)12(2)13-7-9-14(18)10-8-13/h4-10,12H,1-3H3. The van der Waals surface area contributed by atoms with E-state index in [1.54, 1.807) is 38.2 Å². The zero-order valence-electron chi connectivity index (χ0n) is 12.2. The van der Waals surface area contributed by atoms with E-state index in [0.29, 0.717) is 5.56 Å². The van der Waals surface area contributed by atoms with Crippen LogP contribution in [0.3, 0.4) is 0 Å². The van der Waals surface area contributed by atoms with Crippen molar-refractivity contribution in [1.29, 1.82) is 0 Å². The fourth-order valence-corrected chi connectivity index (χ4v) is 2.14. The average Bonchev–Trinajstić information content (AvgIpc) is 2.48. The summed E-state index contributed by atoms with van der Waals surface area (Å²) in [7, 11) is 1.61. The summed E-state index contributed by atoms with van der Waals surface area (Å²) in [6, 6.07) is 10.4. The van der Waals surface area contributed by atoms with Crippen molar-refractivity contribution < 1.29 is 13.6 Å². The second kappa shape index (κ2) is 6.04. The molecule has 110 valence electrons. The summed E-state index contributed by atoms with van der Waals surface area (Å²) in [6.07, 6.45) is 0. The predicted octanol–water partition coefficient (Wildman–Crippen LogP) is 4.11. The molecule has 2 rings (SSSR count). The molecule has 0 aliphatic heterocycles. The van der Waals surface area contributed by atoms with Crippen LogP contribution in [0, 0.1) is 18.6 Å². The number of aryl methyl sites for hydroxylation is 1. The van der Waals surface area contributed by atoms with Gasteiger partial charge in [-0.25, -0.2) is 8.78 Å². The molecule has 1 amide bonds. The molecule has 0 spiro atoms. The molecule has 0 aliphatic carbocycles. The Morgan fingerprint density at radius 2 is 1.71 bits per heavy atom. The highest BCUT2D eigenvalue weighted by Crippen LogP contribution is 2.22. The van der Waals surface area contributed by atoms with Gasteiger partial charge in [-0.2, -0.15) is 0 Å². The molecule has 0 heterocycles. The fraction of sp³-hybridized carbons (Fsp3) is 0.235. The average molecular weight is 289 g/mol. The lowest BCUT2D eigenvalue weighted by atomic mass is 10.0. The van der Waals surface area contributed by atoms with Crippen molar-refractivity contribution in [1.82, 2.24) is 4.90 Å². The third-order valence-electron chi connectivity index (χ3n) is 3.68. The highest BCUT2D eigenvalue weighted by molar-refractivity contribution is 5.94. The Morgan fingerprint density at radius 1 is 1.10 bits per heavy atom. The smallest absolute Gasteiger partial charge is 0.257 e. The van der Waals surface area contributed by atoms with Crippen molar-refractivity contribution in [3.05, 3.63) is 70.8 Å². The molecule has 0 saturated heterocycles. The number of carbonyl (C=O) groups is 1. The third kappa shape index (κ3) is 3.10. The van der Waals surface area contributed by atoms with Gasteiger partial charge < -0.3 is 4.90 Å². The minimum absolute atomic E-state index is 0.0476. The molecule has 0 N–H and O–H groups in total. The van der Waals surface area contributed by atoms with Crippen molar-refractivity contribution in [2.75, 3.05) is 7.05 Å². The first kappa shape index (κ1) is 15.2. The zero-order chi connectivity index (χ0) is 15.6.